The van der Waals surface area contributed by atoms with Gasteiger partial charge in [-0.15, -0.1) is 0 Å². The van der Waals surface area contributed by atoms with E-state index < -0.39 is 0 Å². The molecule has 0 rings (SSSR count). The highest BCUT2D eigenvalue weighted by Crippen LogP contribution is 2.12. The van der Waals surface area contributed by atoms with E-state index in [4.69, 9.17) is 0 Å². The lowest BCUT2D eigenvalue weighted by Crippen LogP contribution is -2.17. The molecule has 0 aliphatic rings. The molecular formula is C9H18O. The van der Waals surface area contributed by atoms with Crippen molar-refractivity contribution in [3.63, 3.8) is 0 Å². The van der Waals surface area contributed by atoms with Crippen molar-refractivity contribution in [3.8, 4) is 0 Å². The molecule has 2 atom stereocenters. The van der Waals surface area contributed by atoms with Crippen LogP contribution in [0.3, 0.4) is 0 Å². The summed E-state index contributed by atoms with van der Waals surface area (Å²) in [5.74, 6) is 0.940. The fourth-order valence-corrected chi connectivity index (χ4v) is 0.888. The van der Waals surface area contributed by atoms with Crippen molar-refractivity contribution in [1.29, 1.82) is 0 Å². The van der Waals surface area contributed by atoms with Crippen LogP contribution in [0.4, 0.5) is 0 Å². The topological polar surface area (TPSA) is 17.1 Å². The molecule has 0 aliphatic heterocycles. The molecule has 0 unspecified atom stereocenters. The number of carbonyl (C=O) groups is 1. The van der Waals surface area contributed by atoms with Crippen LogP contribution in [-0.2, 0) is 4.79 Å². The van der Waals surface area contributed by atoms with E-state index in [9.17, 15) is 4.79 Å². The zero-order chi connectivity index (χ0) is 8.15. The summed E-state index contributed by atoms with van der Waals surface area (Å²) < 4.78 is 0. The van der Waals surface area contributed by atoms with Gasteiger partial charge in [0, 0.05) is 11.8 Å². The maximum Gasteiger partial charge on any atom is 0.138 e. The minimum Gasteiger partial charge on any atom is -0.299 e. The zero-order valence-corrected chi connectivity index (χ0v) is 7.48. The van der Waals surface area contributed by atoms with Gasteiger partial charge in [0.05, 0.1) is 0 Å². The second-order valence-corrected chi connectivity index (χ2v) is 3.02. The smallest absolute Gasteiger partial charge is 0.138 e. The molecule has 1 nitrogen and oxygen atoms in total. The van der Waals surface area contributed by atoms with E-state index in [-0.39, 0.29) is 11.8 Å². The van der Waals surface area contributed by atoms with Gasteiger partial charge in [-0.2, -0.15) is 0 Å². The molecule has 1 heteroatoms. The molecule has 60 valence electrons. The van der Waals surface area contributed by atoms with Crippen LogP contribution in [0, 0.1) is 11.8 Å². The summed E-state index contributed by atoms with van der Waals surface area (Å²) >= 11 is 0. The van der Waals surface area contributed by atoms with Gasteiger partial charge in [0.25, 0.3) is 0 Å². The number of hydrogen-bond acceptors (Lipinski definition) is 1. The van der Waals surface area contributed by atoms with Gasteiger partial charge < -0.3 is 0 Å². The van der Waals surface area contributed by atoms with Gasteiger partial charge in [-0.05, 0) is 12.8 Å². The van der Waals surface area contributed by atoms with Crippen LogP contribution in [0.15, 0.2) is 0 Å². The van der Waals surface area contributed by atoms with Crippen molar-refractivity contribution in [2.75, 3.05) is 0 Å². The Balaban J connectivity index is 3.82. The normalized spacial score (nSPS) is 16.4. The second-order valence-electron chi connectivity index (χ2n) is 3.02. The highest BCUT2D eigenvalue weighted by atomic mass is 16.1. The average Bonchev–Trinajstić information content (AvgIpc) is 2.00. The summed E-state index contributed by atoms with van der Waals surface area (Å²) in [6.45, 7) is 8.14. The van der Waals surface area contributed by atoms with Crippen LogP contribution in [0.25, 0.3) is 0 Å². The molecule has 0 fully saturated rings. The molecule has 0 N–H and O–H groups in total. The van der Waals surface area contributed by atoms with Crippen LogP contribution in [0.5, 0.6) is 0 Å². The van der Waals surface area contributed by atoms with Gasteiger partial charge in [0.1, 0.15) is 5.78 Å². The van der Waals surface area contributed by atoms with Gasteiger partial charge in [-0.1, -0.05) is 27.7 Å². The lowest BCUT2D eigenvalue weighted by atomic mass is 9.92. The molecule has 10 heavy (non-hydrogen) atoms. The third-order valence-corrected chi connectivity index (χ3v) is 2.20. The molecule has 0 aromatic carbocycles. The lowest BCUT2D eigenvalue weighted by Gasteiger charge is -2.11. The molecule has 0 aromatic rings. The van der Waals surface area contributed by atoms with Crippen molar-refractivity contribution in [2.24, 2.45) is 11.8 Å². The quantitative estimate of drug-likeness (QED) is 0.589. The molecule has 0 radical (unpaired) electrons. The number of hydrogen-bond donors (Lipinski definition) is 0. The Morgan fingerprint density at radius 3 is 1.60 bits per heavy atom. The largest absolute Gasteiger partial charge is 0.299 e. The van der Waals surface area contributed by atoms with E-state index in [0.29, 0.717) is 5.78 Å². The summed E-state index contributed by atoms with van der Waals surface area (Å²) in [7, 11) is 0. The highest BCUT2D eigenvalue weighted by Gasteiger charge is 2.15. The molecule has 0 bridgehead atoms. The average molecular weight is 142 g/mol. The predicted molar refractivity (Wildman–Crippen MR) is 43.9 cm³/mol. The van der Waals surface area contributed by atoms with Gasteiger partial charge >= 0.3 is 0 Å². The first kappa shape index (κ1) is 9.67. The Labute approximate surface area is 63.8 Å². The SMILES string of the molecule is CC[C@H](C)C(=O)[C@@H](C)CC. The third-order valence-electron chi connectivity index (χ3n) is 2.20. The standard InChI is InChI=1S/C9H18O/c1-5-7(3)9(10)8(4)6-2/h7-8H,5-6H2,1-4H3/t7-,8-/m0/s1. The summed E-state index contributed by atoms with van der Waals surface area (Å²) in [6, 6.07) is 0. The fourth-order valence-electron chi connectivity index (χ4n) is 0.888. The van der Waals surface area contributed by atoms with Gasteiger partial charge in [-0.25, -0.2) is 0 Å². The molecule has 0 saturated heterocycles. The Kier molecular flexibility index (Phi) is 4.33. The first-order chi connectivity index (χ1) is 4.63. The number of carbonyl (C=O) groups excluding carboxylic acids is 1. The lowest BCUT2D eigenvalue weighted by molar-refractivity contribution is -0.125. The zero-order valence-electron chi connectivity index (χ0n) is 7.48. The first-order valence-corrected chi connectivity index (χ1v) is 4.17. The summed E-state index contributed by atoms with van der Waals surface area (Å²) in [4.78, 5) is 11.3. The van der Waals surface area contributed by atoms with Gasteiger partial charge in [0.2, 0.25) is 0 Å². The molecular weight excluding hydrogens is 124 g/mol. The molecule has 0 saturated carbocycles. The Hall–Kier alpha value is -0.330. The van der Waals surface area contributed by atoms with Crippen molar-refractivity contribution >= 4 is 5.78 Å². The van der Waals surface area contributed by atoms with E-state index in [0.717, 1.165) is 12.8 Å². The van der Waals surface area contributed by atoms with E-state index in [2.05, 4.69) is 13.8 Å². The second kappa shape index (κ2) is 4.48. The maximum atomic E-state index is 11.3. The van der Waals surface area contributed by atoms with E-state index in [1.807, 2.05) is 13.8 Å². The summed E-state index contributed by atoms with van der Waals surface area (Å²) in [5, 5.41) is 0. The van der Waals surface area contributed by atoms with Crippen molar-refractivity contribution < 1.29 is 4.79 Å². The summed E-state index contributed by atoms with van der Waals surface area (Å²) in [5.41, 5.74) is 0. The van der Waals surface area contributed by atoms with Crippen LogP contribution < -0.4 is 0 Å². The number of Topliss-reactive ketones (excluding diaryl/α,β-unsaturated/α-hetero) is 1. The van der Waals surface area contributed by atoms with Crippen molar-refractivity contribution in [3.05, 3.63) is 0 Å². The van der Waals surface area contributed by atoms with Gasteiger partial charge in [-0.3, -0.25) is 4.79 Å². The Bertz CT molecular complexity index is 95.3. The molecule has 0 heterocycles. The van der Waals surface area contributed by atoms with Gasteiger partial charge in [0.15, 0.2) is 0 Å². The Morgan fingerprint density at radius 1 is 1.10 bits per heavy atom. The third kappa shape index (κ3) is 2.51. The van der Waals surface area contributed by atoms with Crippen LogP contribution in [0.2, 0.25) is 0 Å². The van der Waals surface area contributed by atoms with Crippen LogP contribution in [-0.4, -0.2) is 5.78 Å². The minimum atomic E-state index is 0.259. The first-order valence-electron chi connectivity index (χ1n) is 4.17. The number of ketones is 1. The predicted octanol–water partition coefficient (Wildman–Crippen LogP) is 2.65. The fraction of sp³-hybridized carbons (Fsp3) is 0.889. The Morgan fingerprint density at radius 2 is 1.40 bits per heavy atom. The maximum absolute atomic E-state index is 11.3. The van der Waals surface area contributed by atoms with E-state index in [1.165, 1.54) is 0 Å². The monoisotopic (exact) mass is 142 g/mol. The van der Waals surface area contributed by atoms with E-state index in [1.54, 1.807) is 0 Å². The molecule has 0 amide bonds. The van der Waals surface area contributed by atoms with Crippen molar-refractivity contribution in [1.82, 2.24) is 0 Å². The number of rotatable bonds is 4. The minimum absolute atomic E-state index is 0.259. The molecule has 0 aliphatic carbocycles. The van der Waals surface area contributed by atoms with Crippen LogP contribution in [0.1, 0.15) is 40.5 Å². The van der Waals surface area contributed by atoms with Crippen molar-refractivity contribution in [2.45, 2.75) is 40.5 Å². The van der Waals surface area contributed by atoms with Crippen LogP contribution >= 0.6 is 0 Å². The summed E-state index contributed by atoms with van der Waals surface area (Å²) in [6.07, 6.45) is 1.95. The van der Waals surface area contributed by atoms with E-state index >= 15 is 0 Å². The molecule has 0 aromatic heterocycles. The highest BCUT2D eigenvalue weighted by molar-refractivity contribution is 5.82. The molecule has 0 spiro atoms.